The Morgan fingerprint density at radius 2 is 1.46 bits per heavy atom. The van der Waals surface area contributed by atoms with Gasteiger partial charge in [0, 0.05) is 27.2 Å². The summed E-state index contributed by atoms with van der Waals surface area (Å²) in [5, 5.41) is 0. The molecule has 1 fully saturated rings. The van der Waals surface area contributed by atoms with Crippen molar-refractivity contribution in [1.82, 2.24) is 4.31 Å². The largest absolute Gasteiger partial charge is 0.370 e. The molecule has 9 heteroatoms. The Morgan fingerprint density at radius 1 is 0.829 bits per heavy atom. The van der Waals surface area contributed by atoms with Gasteiger partial charge < -0.3 is 4.90 Å². The van der Waals surface area contributed by atoms with E-state index in [1.54, 1.807) is 12.1 Å². The maximum atomic E-state index is 13.1. The van der Waals surface area contributed by atoms with Crippen LogP contribution >= 0.6 is 0 Å². The number of nitrogens with one attached hydrogen (secondary N) is 1. The Labute approximate surface area is 208 Å². The molecule has 3 aromatic carbocycles. The van der Waals surface area contributed by atoms with Crippen LogP contribution in [-0.2, 0) is 20.0 Å². The van der Waals surface area contributed by atoms with E-state index in [1.165, 1.54) is 49.5 Å². The minimum absolute atomic E-state index is 0.00293. The summed E-state index contributed by atoms with van der Waals surface area (Å²) in [5.74, 6) is 0.493. The van der Waals surface area contributed by atoms with Crippen LogP contribution in [0.5, 0.6) is 0 Å². The summed E-state index contributed by atoms with van der Waals surface area (Å²) < 4.78 is 54.6. The number of hydrogen-bond acceptors (Lipinski definition) is 5. The second-order valence-electron chi connectivity index (χ2n) is 9.06. The molecule has 0 atom stereocenters. The first-order valence-electron chi connectivity index (χ1n) is 11.5. The summed E-state index contributed by atoms with van der Waals surface area (Å²) in [6.07, 6.45) is 1.98. The zero-order valence-electron chi connectivity index (χ0n) is 20.2. The number of piperidine rings is 1. The summed E-state index contributed by atoms with van der Waals surface area (Å²) in [5.41, 5.74) is 3.97. The van der Waals surface area contributed by atoms with Crippen LogP contribution < -0.4 is 9.62 Å². The number of benzene rings is 3. The van der Waals surface area contributed by atoms with Gasteiger partial charge in [0.15, 0.2) is 0 Å². The maximum Gasteiger partial charge on any atom is 0.261 e. The van der Waals surface area contributed by atoms with Gasteiger partial charge in [-0.1, -0.05) is 42.0 Å². The van der Waals surface area contributed by atoms with Crippen molar-refractivity contribution in [1.29, 1.82) is 0 Å². The van der Waals surface area contributed by atoms with Crippen LogP contribution in [0.3, 0.4) is 0 Å². The van der Waals surface area contributed by atoms with Crippen molar-refractivity contribution in [3.63, 3.8) is 0 Å². The monoisotopic (exact) mass is 513 g/mol. The molecule has 1 aliphatic rings. The molecule has 7 nitrogen and oxygen atoms in total. The highest BCUT2D eigenvalue weighted by atomic mass is 32.2. The van der Waals surface area contributed by atoms with Crippen molar-refractivity contribution in [2.45, 2.75) is 35.5 Å². The molecule has 3 aromatic rings. The van der Waals surface area contributed by atoms with Gasteiger partial charge in [-0.2, -0.15) is 0 Å². The molecule has 0 spiro atoms. The fourth-order valence-corrected chi connectivity index (χ4v) is 6.39. The number of aryl methyl sites for hydroxylation is 1. The van der Waals surface area contributed by atoms with Crippen molar-refractivity contribution >= 4 is 31.4 Å². The van der Waals surface area contributed by atoms with Gasteiger partial charge in [-0.3, -0.25) is 4.72 Å². The molecule has 35 heavy (non-hydrogen) atoms. The van der Waals surface area contributed by atoms with Crippen molar-refractivity contribution in [3.05, 3.63) is 83.9 Å². The van der Waals surface area contributed by atoms with Crippen LogP contribution in [0.4, 0.5) is 11.4 Å². The van der Waals surface area contributed by atoms with Gasteiger partial charge in [-0.15, -0.1) is 0 Å². The molecule has 1 saturated heterocycles. The molecule has 0 amide bonds. The van der Waals surface area contributed by atoms with Crippen molar-refractivity contribution in [2.24, 2.45) is 0 Å². The van der Waals surface area contributed by atoms with Crippen LogP contribution in [0.25, 0.3) is 0 Å². The third kappa shape index (κ3) is 5.52. The van der Waals surface area contributed by atoms with E-state index in [2.05, 4.69) is 40.8 Å². The second kappa shape index (κ2) is 10.0. The van der Waals surface area contributed by atoms with Gasteiger partial charge in [-0.25, -0.2) is 21.1 Å². The van der Waals surface area contributed by atoms with Crippen molar-refractivity contribution < 1.29 is 16.8 Å². The summed E-state index contributed by atoms with van der Waals surface area (Å²) in [4.78, 5) is 2.26. The van der Waals surface area contributed by atoms with Crippen molar-refractivity contribution in [3.8, 4) is 0 Å². The molecular formula is C26H31N3O4S2. The Kier molecular flexibility index (Phi) is 7.21. The first kappa shape index (κ1) is 25.2. The van der Waals surface area contributed by atoms with E-state index in [0.717, 1.165) is 35.9 Å². The van der Waals surface area contributed by atoms with Crippen LogP contribution in [0.15, 0.2) is 82.6 Å². The van der Waals surface area contributed by atoms with E-state index in [9.17, 15) is 16.8 Å². The van der Waals surface area contributed by atoms with Gasteiger partial charge in [0.05, 0.1) is 21.2 Å². The number of hydrogen-bond donors (Lipinski definition) is 1. The summed E-state index contributed by atoms with van der Waals surface area (Å²) >= 11 is 0. The third-order valence-corrected chi connectivity index (χ3v) is 9.62. The molecule has 1 aliphatic heterocycles. The molecule has 1 heterocycles. The Morgan fingerprint density at radius 3 is 2.09 bits per heavy atom. The van der Waals surface area contributed by atoms with Crippen LogP contribution in [0.2, 0.25) is 0 Å². The molecule has 0 bridgehead atoms. The number of nitrogens with zero attached hydrogens (tertiary/aromatic N) is 2. The van der Waals surface area contributed by atoms with E-state index in [-0.39, 0.29) is 9.79 Å². The predicted molar refractivity (Wildman–Crippen MR) is 140 cm³/mol. The highest BCUT2D eigenvalue weighted by molar-refractivity contribution is 7.92. The van der Waals surface area contributed by atoms with Crippen LogP contribution in [0, 0.1) is 6.92 Å². The van der Waals surface area contributed by atoms with E-state index >= 15 is 0 Å². The Hall–Kier alpha value is -2.88. The third-order valence-electron chi connectivity index (χ3n) is 6.41. The lowest BCUT2D eigenvalue weighted by molar-refractivity contribution is 0.505. The summed E-state index contributed by atoms with van der Waals surface area (Å²) in [6, 6.07) is 21.3. The molecule has 0 unspecified atom stereocenters. The average Bonchev–Trinajstić information content (AvgIpc) is 2.84. The highest BCUT2D eigenvalue weighted by Gasteiger charge is 2.24. The fourth-order valence-electron chi connectivity index (χ4n) is 4.42. The van der Waals surface area contributed by atoms with Gasteiger partial charge in [0.25, 0.3) is 10.0 Å². The first-order chi connectivity index (χ1) is 16.6. The number of sulfonamides is 2. The van der Waals surface area contributed by atoms with E-state index in [1.807, 2.05) is 12.1 Å². The minimum Gasteiger partial charge on any atom is -0.370 e. The maximum absolute atomic E-state index is 13.1. The molecule has 186 valence electrons. The summed E-state index contributed by atoms with van der Waals surface area (Å²) in [7, 11) is -4.67. The zero-order valence-corrected chi connectivity index (χ0v) is 21.8. The van der Waals surface area contributed by atoms with Crippen LogP contribution in [0.1, 0.15) is 29.9 Å². The lowest BCUT2D eigenvalue weighted by Gasteiger charge is -2.35. The van der Waals surface area contributed by atoms with Crippen molar-refractivity contribution in [2.75, 3.05) is 36.8 Å². The molecule has 0 saturated carbocycles. The quantitative estimate of drug-likeness (QED) is 0.505. The molecule has 0 aliphatic carbocycles. The molecule has 1 N–H and O–H groups in total. The van der Waals surface area contributed by atoms with Gasteiger partial charge >= 0.3 is 0 Å². The predicted octanol–water partition coefficient (Wildman–Crippen LogP) is 4.43. The standard InChI is InChI=1S/C26H31N3O4S2/c1-20-7-6-8-22(19-20)21-15-17-29(18-16-21)26-10-5-4-9-25(26)27-34(30,31)23-11-13-24(14-12-23)35(32,33)28(2)3/h4-14,19,21,27H,15-18H2,1-3H3. The second-order valence-corrected chi connectivity index (χ2v) is 12.9. The zero-order chi connectivity index (χ0) is 25.2. The smallest absolute Gasteiger partial charge is 0.261 e. The Bertz CT molecular complexity index is 1390. The number of para-hydroxylation sites is 2. The van der Waals surface area contributed by atoms with E-state index in [4.69, 9.17) is 0 Å². The van der Waals surface area contributed by atoms with Gasteiger partial charge in [-0.05, 0) is 67.6 Å². The molecule has 0 aromatic heterocycles. The number of anilines is 2. The SMILES string of the molecule is Cc1cccc(C2CCN(c3ccccc3NS(=O)(=O)c3ccc(S(=O)(=O)N(C)C)cc3)CC2)c1. The Balaban J connectivity index is 1.51. The topological polar surface area (TPSA) is 86.8 Å². The summed E-state index contributed by atoms with van der Waals surface area (Å²) in [6.45, 7) is 3.76. The molecular weight excluding hydrogens is 482 g/mol. The average molecular weight is 514 g/mol. The van der Waals surface area contributed by atoms with E-state index < -0.39 is 20.0 Å². The molecule has 4 rings (SSSR count). The lowest BCUT2D eigenvalue weighted by Crippen LogP contribution is -2.33. The van der Waals surface area contributed by atoms with Gasteiger partial charge in [0.2, 0.25) is 10.0 Å². The number of rotatable bonds is 7. The molecule has 0 radical (unpaired) electrons. The minimum atomic E-state index is -3.90. The highest BCUT2D eigenvalue weighted by Crippen LogP contribution is 2.34. The first-order valence-corrected chi connectivity index (χ1v) is 14.5. The lowest BCUT2D eigenvalue weighted by atomic mass is 9.88. The van der Waals surface area contributed by atoms with E-state index in [0.29, 0.717) is 11.6 Å². The van der Waals surface area contributed by atoms with Crippen LogP contribution in [-0.4, -0.2) is 48.3 Å². The fraction of sp³-hybridized carbons (Fsp3) is 0.308. The normalized spacial score (nSPS) is 15.4. The van der Waals surface area contributed by atoms with Gasteiger partial charge in [0.1, 0.15) is 0 Å².